The number of rotatable bonds is 4. The van der Waals surface area contributed by atoms with E-state index >= 15 is 0 Å². The summed E-state index contributed by atoms with van der Waals surface area (Å²) in [5, 5.41) is 5.29. The topological polar surface area (TPSA) is 76.1 Å². The summed E-state index contributed by atoms with van der Waals surface area (Å²) in [6.45, 7) is 4.12. The minimum absolute atomic E-state index is 0.0683. The molecule has 1 fully saturated rings. The molecule has 0 unspecified atom stereocenters. The van der Waals surface area contributed by atoms with Crippen molar-refractivity contribution in [3.8, 4) is 11.3 Å². The number of nitrogens with one attached hydrogen (secondary N) is 1. The maximum atomic E-state index is 12.1. The van der Waals surface area contributed by atoms with Gasteiger partial charge in [-0.25, -0.2) is 13.4 Å². The van der Waals surface area contributed by atoms with Crippen LogP contribution in [0.4, 0.5) is 5.13 Å². The van der Waals surface area contributed by atoms with Crippen LogP contribution in [0.25, 0.3) is 11.3 Å². The highest BCUT2D eigenvalue weighted by Gasteiger charge is 2.29. The van der Waals surface area contributed by atoms with Crippen LogP contribution in [0.2, 0.25) is 0 Å². The van der Waals surface area contributed by atoms with Crippen molar-refractivity contribution in [2.45, 2.75) is 26.7 Å². The molecule has 1 atom stereocenters. The van der Waals surface area contributed by atoms with Gasteiger partial charge < -0.3 is 5.32 Å². The number of carbonyl (C=O) groups excluding carboxylic acids is 1. The number of sulfone groups is 1. The Morgan fingerprint density at radius 3 is 2.83 bits per heavy atom. The van der Waals surface area contributed by atoms with Gasteiger partial charge in [0.05, 0.1) is 17.2 Å². The van der Waals surface area contributed by atoms with Gasteiger partial charge in [0.2, 0.25) is 5.91 Å². The maximum Gasteiger partial charge on any atom is 0.226 e. The molecule has 1 N–H and O–H groups in total. The number of hydrogen-bond acceptors (Lipinski definition) is 6. The zero-order valence-electron chi connectivity index (χ0n) is 13.0. The van der Waals surface area contributed by atoms with Crippen LogP contribution in [0.5, 0.6) is 0 Å². The molecule has 0 radical (unpaired) electrons. The maximum absolute atomic E-state index is 12.1. The summed E-state index contributed by atoms with van der Waals surface area (Å²) >= 11 is 3.12. The number of aromatic nitrogens is 1. The molecule has 1 saturated heterocycles. The monoisotopic (exact) mass is 370 g/mol. The Morgan fingerprint density at radius 1 is 1.43 bits per heavy atom. The Bertz CT molecular complexity index is 836. The summed E-state index contributed by atoms with van der Waals surface area (Å²) in [5.74, 6) is 0.0903. The minimum atomic E-state index is -2.94. The number of nitrogens with zero attached hydrogens (tertiary/aromatic N) is 1. The third-order valence-electron chi connectivity index (χ3n) is 3.87. The number of hydrogen-bond donors (Lipinski definition) is 1. The Kier molecular flexibility index (Phi) is 4.57. The number of anilines is 1. The highest BCUT2D eigenvalue weighted by molar-refractivity contribution is 7.91. The fourth-order valence-electron chi connectivity index (χ4n) is 2.81. The summed E-state index contributed by atoms with van der Waals surface area (Å²) in [4.78, 5) is 19.0. The number of amides is 1. The standard InChI is InChI=1S/C15H18N2O3S3/c1-9-5-12(10(2)22-9)13-7-21-15(16-13)17-14(18)6-11-3-4-23(19,20)8-11/h5,7,11H,3-4,6,8H2,1-2H3,(H,16,17,18)/t11-/m0/s1. The molecule has 2 aromatic heterocycles. The lowest BCUT2D eigenvalue weighted by molar-refractivity contribution is -0.116. The lowest BCUT2D eigenvalue weighted by Crippen LogP contribution is -2.17. The average molecular weight is 371 g/mol. The highest BCUT2D eigenvalue weighted by atomic mass is 32.2. The summed E-state index contributed by atoms with van der Waals surface area (Å²) in [6.07, 6.45) is 0.816. The lowest BCUT2D eigenvalue weighted by Gasteiger charge is -2.06. The van der Waals surface area contributed by atoms with E-state index < -0.39 is 9.84 Å². The molecule has 3 heterocycles. The van der Waals surface area contributed by atoms with Gasteiger partial charge in [0.1, 0.15) is 0 Å². The molecule has 1 aliphatic rings. The summed E-state index contributed by atoms with van der Waals surface area (Å²) in [5.41, 5.74) is 1.97. The van der Waals surface area contributed by atoms with E-state index in [1.54, 1.807) is 11.3 Å². The third-order valence-corrected chi connectivity index (χ3v) is 7.43. The molecule has 8 heteroatoms. The van der Waals surface area contributed by atoms with E-state index in [1.807, 2.05) is 5.38 Å². The first-order valence-corrected chi connectivity index (χ1v) is 10.9. The first-order valence-electron chi connectivity index (χ1n) is 7.35. The fourth-order valence-corrected chi connectivity index (χ4v) is 6.33. The first kappa shape index (κ1) is 16.6. The van der Waals surface area contributed by atoms with Gasteiger partial charge >= 0.3 is 0 Å². The molecule has 0 spiro atoms. The molecule has 1 aliphatic heterocycles. The number of aryl methyl sites for hydroxylation is 2. The molecule has 124 valence electrons. The molecule has 3 rings (SSSR count). The zero-order valence-corrected chi connectivity index (χ0v) is 15.4. The molecule has 0 aliphatic carbocycles. The van der Waals surface area contributed by atoms with Crippen LogP contribution in [0.15, 0.2) is 11.4 Å². The van der Waals surface area contributed by atoms with E-state index in [-0.39, 0.29) is 29.8 Å². The molecule has 0 saturated carbocycles. The second-order valence-corrected chi connectivity index (χ2v) is 10.4. The average Bonchev–Trinajstić information content (AvgIpc) is 3.10. The van der Waals surface area contributed by atoms with Crippen LogP contribution >= 0.6 is 22.7 Å². The SMILES string of the molecule is Cc1cc(-c2csc(NC(=O)C[C@@H]3CCS(=O)(=O)C3)n2)c(C)s1. The van der Waals surface area contributed by atoms with E-state index in [0.29, 0.717) is 11.6 Å². The molecular formula is C15H18N2O3S3. The van der Waals surface area contributed by atoms with Crippen molar-refractivity contribution < 1.29 is 13.2 Å². The van der Waals surface area contributed by atoms with Crippen molar-refractivity contribution in [3.63, 3.8) is 0 Å². The molecule has 5 nitrogen and oxygen atoms in total. The van der Waals surface area contributed by atoms with Gasteiger partial charge in [-0.2, -0.15) is 0 Å². The smallest absolute Gasteiger partial charge is 0.226 e. The van der Waals surface area contributed by atoms with Crippen molar-refractivity contribution in [2.24, 2.45) is 5.92 Å². The van der Waals surface area contributed by atoms with Gasteiger partial charge in [-0.15, -0.1) is 22.7 Å². The Labute approximate surface area is 143 Å². The Hall–Kier alpha value is -1.25. The van der Waals surface area contributed by atoms with E-state index in [2.05, 4.69) is 30.2 Å². The normalized spacial score (nSPS) is 19.8. The molecule has 2 aromatic rings. The predicted octanol–water partition coefficient (Wildman–Crippen LogP) is 3.25. The van der Waals surface area contributed by atoms with Crippen LogP contribution in [-0.4, -0.2) is 30.8 Å². The quantitative estimate of drug-likeness (QED) is 0.896. The molecular weight excluding hydrogens is 352 g/mol. The highest BCUT2D eigenvalue weighted by Crippen LogP contribution is 2.32. The van der Waals surface area contributed by atoms with Crippen molar-refractivity contribution in [3.05, 3.63) is 21.2 Å². The van der Waals surface area contributed by atoms with Crippen LogP contribution in [0.1, 0.15) is 22.6 Å². The van der Waals surface area contributed by atoms with Gasteiger partial charge in [-0.1, -0.05) is 0 Å². The van der Waals surface area contributed by atoms with Crippen LogP contribution < -0.4 is 5.32 Å². The van der Waals surface area contributed by atoms with Gasteiger partial charge in [0.25, 0.3) is 0 Å². The first-order chi connectivity index (χ1) is 10.8. The summed E-state index contributed by atoms with van der Waals surface area (Å²) in [6, 6.07) is 2.10. The van der Waals surface area contributed by atoms with E-state index in [4.69, 9.17) is 0 Å². The molecule has 0 aromatic carbocycles. The van der Waals surface area contributed by atoms with Gasteiger partial charge in [-0.05, 0) is 32.3 Å². The summed E-state index contributed by atoms with van der Waals surface area (Å²) < 4.78 is 22.9. The van der Waals surface area contributed by atoms with Crippen molar-refractivity contribution >= 4 is 43.5 Å². The van der Waals surface area contributed by atoms with Crippen molar-refractivity contribution in [1.82, 2.24) is 4.98 Å². The van der Waals surface area contributed by atoms with Crippen LogP contribution in [-0.2, 0) is 14.6 Å². The second kappa shape index (κ2) is 6.33. The fraction of sp³-hybridized carbons (Fsp3) is 0.467. The molecule has 23 heavy (non-hydrogen) atoms. The van der Waals surface area contributed by atoms with Gasteiger partial charge in [0, 0.05) is 27.1 Å². The third kappa shape index (κ3) is 3.99. The van der Waals surface area contributed by atoms with Crippen molar-refractivity contribution in [1.29, 1.82) is 0 Å². The van der Waals surface area contributed by atoms with E-state index in [1.165, 1.54) is 21.1 Å². The molecule has 0 bridgehead atoms. The second-order valence-electron chi connectivity index (χ2n) is 5.89. The van der Waals surface area contributed by atoms with Crippen LogP contribution in [0, 0.1) is 19.8 Å². The number of carbonyl (C=O) groups is 1. The zero-order chi connectivity index (χ0) is 16.6. The van der Waals surface area contributed by atoms with Crippen molar-refractivity contribution in [2.75, 3.05) is 16.8 Å². The Morgan fingerprint density at radius 2 is 2.22 bits per heavy atom. The predicted molar refractivity (Wildman–Crippen MR) is 94.9 cm³/mol. The number of thiophene rings is 1. The van der Waals surface area contributed by atoms with E-state index in [9.17, 15) is 13.2 Å². The summed E-state index contributed by atoms with van der Waals surface area (Å²) in [7, 11) is -2.94. The van der Waals surface area contributed by atoms with Gasteiger partial charge in [0.15, 0.2) is 15.0 Å². The largest absolute Gasteiger partial charge is 0.302 e. The van der Waals surface area contributed by atoms with E-state index in [0.717, 1.165) is 11.3 Å². The molecule has 1 amide bonds. The van der Waals surface area contributed by atoms with Crippen LogP contribution in [0.3, 0.4) is 0 Å². The number of thiazole rings is 1. The Balaban J connectivity index is 1.63. The van der Waals surface area contributed by atoms with Gasteiger partial charge in [-0.3, -0.25) is 4.79 Å². The lowest BCUT2D eigenvalue weighted by atomic mass is 10.1. The minimum Gasteiger partial charge on any atom is -0.302 e.